The molecular formula is C16H22O2. The first-order valence-corrected chi connectivity index (χ1v) is 7.00. The second-order valence-corrected chi connectivity index (χ2v) is 6.71. The van der Waals surface area contributed by atoms with E-state index in [2.05, 4.69) is 26.8 Å². The third-order valence-electron chi connectivity index (χ3n) is 3.61. The highest BCUT2D eigenvalue weighted by Crippen LogP contribution is 2.51. The highest BCUT2D eigenvalue weighted by molar-refractivity contribution is 5.51. The molecule has 0 aromatic heterocycles. The van der Waals surface area contributed by atoms with Gasteiger partial charge in [-0.25, -0.2) is 0 Å². The molecule has 0 spiro atoms. The number of ether oxygens (including phenoxy) is 1. The van der Waals surface area contributed by atoms with Crippen LogP contribution >= 0.6 is 0 Å². The molecular weight excluding hydrogens is 224 g/mol. The summed E-state index contributed by atoms with van der Waals surface area (Å²) >= 11 is 0. The molecule has 0 heterocycles. The Hall–Kier alpha value is -1.18. The topological polar surface area (TPSA) is 29.5 Å². The number of aromatic hydroxyl groups is 1. The van der Waals surface area contributed by atoms with Gasteiger partial charge in [0.05, 0.1) is 0 Å². The van der Waals surface area contributed by atoms with Gasteiger partial charge in [0.15, 0.2) is 0 Å². The summed E-state index contributed by atoms with van der Waals surface area (Å²) in [6.07, 6.45) is 4.85. The van der Waals surface area contributed by atoms with Crippen LogP contribution in [0.3, 0.4) is 0 Å². The lowest BCUT2D eigenvalue weighted by Crippen LogP contribution is -2.23. The smallest absolute Gasteiger partial charge is 0.124 e. The van der Waals surface area contributed by atoms with Crippen LogP contribution < -0.4 is 4.74 Å². The predicted octanol–water partition coefficient (Wildman–Crippen LogP) is 4.32. The summed E-state index contributed by atoms with van der Waals surface area (Å²) in [4.78, 5) is 0. The van der Waals surface area contributed by atoms with Crippen LogP contribution in [0.5, 0.6) is 11.5 Å². The molecule has 0 bridgehead atoms. The van der Waals surface area contributed by atoms with Crippen LogP contribution in [0.15, 0.2) is 12.1 Å². The minimum atomic E-state index is -0.179. The molecule has 2 fully saturated rings. The Balaban J connectivity index is 1.99. The van der Waals surface area contributed by atoms with Crippen LogP contribution in [0.2, 0.25) is 0 Å². The fourth-order valence-electron chi connectivity index (χ4n) is 2.45. The summed E-state index contributed by atoms with van der Waals surface area (Å²) in [5, 5.41) is 10.1. The lowest BCUT2D eigenvalue weighted by atomic mass is 10.0. The van der Waals surface area contributed by atoms with Gasteiger partial charge in [-0.15, -0.1) is 0 Å². The highest BCUT2D eigenvalue weighted by Gasteiger charge is 2.32. The second-order valence-electron chi connectivity index (χ2n) is 6.71. The second kappa shape index (κ2) is 3.91. The van der Waals surface area contributed by atoms with E-state index in [4.69, 9.17) is 4.74 Å². The van der Waals surface area contributed by atoms with E-state index in [1.165, 1.54) is 31.2 Å². The zero-order valence-corrected chi connectivity index (χ0v) is 11.5. The average molecular weight is 246 g/mol. The zero-order chi connectivity index (χ0) is 12.9. The number of benzene rings is 1. The number of rotatable bonds is 3. The van der Waals surface area contributed by atoms with Gasteiger partial charge < -0.3 is 9.84 Å². The maximum absolute atomic E-state index is 10.1. The van der Waals surface area contributed by atoms with E-state index in [9.17, 15) is 5.11 Å². The van der Waals surface area contributed by atoms with Gasteiger partial charge in [0, 0.05) is 11.1 Å². The van der Waals surface area contributed by atoms with Crippen LogP contribution in [0.4, 0.5) is 0 Å². The van der Waals surface area contributed by atoms with Crippen molar-refractivity contribution in [2.24, 2.45) is 0 Å². The molecule has 0 saturated heterocycles. The summed E-state index contributed by atoms with van der Waals surface area (Å²) in [5.74, 6) is 2.62. The Kier molecular flexibility index (Phi) is 2.58. The number of hydrogen-bond acceptors (Lipinski definition) is 2. The standard InChI is InChI=1S/C16H22O2/c1-16(2,3)18-15-9-12(10-4-5-10)14(17)8-13(15)11-6-7-11/h8-11,17H,4-7H2,1-3H3. The fraction of sp³-hybridized carbons (Fsp3) is 0.625. The Morgan fingerprint density at radius 1 is 1.00 bits per heavy atom. The van der Waals surface area contributed by atoms with Gasteiger partial charge in [-0.2, -0.15) is 0 Å². The van der Waals surface area contributed by atoms with E-state index in [1.807, 2.05) is 6.07 Å². The van der Waals surface area contributed by atoms with E-state index in [0.29, 0.717) is 17.6 Å². The first kappa shape index (κ1) is 11.9. The van der Waals surface area contributed by atoms with Crippen molar-refractivity contribution in [2.75, 3.05) is 0 Å². The molecule has 3 rings (SSSR count). The Labute approximate surface area is 109 Å². The van der Waals surface area contributed by atoms with Crippen molar-refractivity contribution in [3.05, 3.63) is 23.3 Å². The van der Waals surface area contributed by atoms with Gasteiger partial charge in [-0.3, -0.25) is 0 Å². The molecule has 0 aliphatic heterocycles. The largest absolute Gasteiger partial charge is 0.508 e. The molecule has 2 saturated carbocycles. The summed E-state index contributed by atoms with van der Waals surface area (Å²) in [6.45, 7) is 6.23. The first-order chi connectivity index (χ1) is 8.44. The minimum Gasteiger partial charge on any atom is -0.508 e. The van der Waals surface area contributed by atoms with Crippen molar-refractivity contribution < 1.29 is 9.84 Å². The maximum Gasteiger partial charge on any atom is 0.124 e. The van der Waals surface area contributed by atoms with E-state index in [-0.39, 0.29) is 5.60 Å². The molecule has 2 aliphatic carbocycles. The lowest BCUT2D eigenvalue weighted by Gasteiger charge is -2.24. The Morgan fingerprint density at radius 3 is 2.06 bits per heavy atom. The van der Waals surface area contributed by atoms with Gasteiger partial charge in [0.25, 0.3) is 0 Å². The third-order valence-corrected chi connectivity index (χ3v) is 3.61. The third kappa shape index (κ3) is 2.47. The molecule has 0 unspecified atom stereocenters. The van der Waals surface area contributed by atoms with Gasteiger partial charge in [0.1, 0.15) is 17.1 Å². The van der Waals surface area contributed by atoms with Crippen LogP contribution in [0.1, 0.15) is 69.4 Å². The fourth-order valence-corrected chi connectivity index (χ4v) is 2.45. The highest BCUT2D eigenvalue weighted by atomic mass is 16.5. The summed E-state index contributed by atoms with van der Waals surface area (Å²) < 4.78 is 6.10. The van der Waals surface area contributed by atoms with Crippen molar-refractivity contribution in [1.82, 2.24) is 0 Å². The molecule has 0 amide bonds. The predicted molar refractivity (Wildman–Crippen MR) is 72.4 cm³/mol. The maximum atomic E-state index is 10.1. The van der Waals surface area contributed by atoms with Crippen LogP contribution in [-0.2, 0) is 0 Å². The van der Waals surface area contributed by atoms with Crippen LogP contribution in [0, 0.1) is 0 Å². The van der Waals surface area contributed by atoms with E-state index < -0.39 is 0 Å². The first-order valence-electron chi connectivity index (χ1n) is 7.00. The monoisotopic (exact) mass is 246 g/mol. The molecule has 2 aliphatic rings. The SMILES string of the molecule is CC(C)(C)Oc1cc(C2CC2)c(O)cc1C1CC1. The molecule has 2 heteroatoms. The molecule has 0 radical (unpaired) electrons. The molecule has 18 heavy (non-hydrogen) atoms. The molecule has 1 aromatic rings. The van der Waals surface area contributed by atoms with Crippen LogP contribution in [-0.4, -0.2) is 10.7 Å². The van der Waals surface area contributed by atoms with Gasteiger partial charge >= 0.3 is 0 Å². The normalized spacial score (nSPS) is 19.9. The van der Waals surface area contributed by atoms with Gasteiger partial charge in [-0.05, 0) is 70.4 Å². The molecule has 2 nitrogen and oxygen atoms in total. The summed E-state index contributed by atoms with van der Waals surface area (Å²) in [5.41, 5.74) is 2.10. The number of phenols is 1. The van der Waals surface area contributed by atoms with Crippen molar-refractivity contribution in [1.29, 1.82) is 0 Å². The van der Waals surface area contributed by atoms with Gasteiger partial charge in [-0.1, -0.05) is 0 Å². The van der Waals surface area contributed by atoms with Crippen molar-refractivity contribution in [2.45, 2.75) is 63.9 Å². The molecule has 98 valence electrons. The average Bonchev–Trinajstić information content (AvgIpc) is 3.13. The Bertz CT molecular complexity index is 463. The van der Waals surface area contributed by atoms with Gasteiger partial charge in [0.2, 0.25) is 0 Å². The van der Waals surface area contributed by atoms with E-state index in [0.717, 1.165) is 11.3 Å². The Morgan fingerprint density at radius 2 is 1.56 bits per heavy atom. The minimum absolute atomic E-state index is 0.179. The van der Waals surface area contributed by atoms with Crippen molar-refractivity contribution in [3.63, 3.8) is 0 Å². The molecule has 0 atom stereocenters. The number of phenolic OH excluding ortho intramolecular Hbond substituents is 1. The summed E-state index contributed by atoms with van der Waals surface area (Å²) in [6, 6.07) is 4.04. The van der Waals surface area contributed by atoms with Crippen LogP contribution in [0.25, 0.3) is 0 Å². The quantitative estimate of drug-likeness (QED) is 0.860. The molecule has 1 N–H and O–H groups in total. The van der Waals surface area contributed by atoms with E-state index >= 15 is 0 Å². The summed E-state index contributed by atoms with van der Waals surface area (Å²) in [7, 11) is 0. The number of hydrogen-bond donors (Lipinski definition) is 1. The van der Waals surface area contributed by atoms with Crippen molar-refractivity contribution >= 4 is 0 Å². The lowest BCUT2D eigenvalue weighted by molar-refractivity contribution is 0.129. The van der Waals surface area contributed by atoms with E-state index in [1.54, 1.807) is 0 Å². The van der Waals surface area contributed by atoms with Crippen molar-refractivity contribution in [3.8, 4) is 11.5 Å². The molecule has 1 aromatic carbocycles. The zero-order valence-electron chi connectivity index (χ0n) is 11.5.